The molecule has 0 N–H and O–H groups in total. The van der Waals surface area contributed by atoms with E-state index in [1.54, 1.807) is 6.20 Å². The summed E-state index contributed by atoms with van der Waals surface area (Å²) in [5, 5.41) is 0. The zero-order chi connectivity index (χ0) is 13.3. The van der Waals surface area contributed by atoms with Gasteiger partial charge in [0.15, 0.2) is 0 Å². The highest BCUT2D eigenvalue weighted by Gasteiger charge is 2.14. The predicted molar refractivity (Wildman–Crippen MR) is 79.0 cm³/mol. The second-order valence-electron chi connectivity index (χ2n) is 4.11. The highest BCUT2D eigenvalue weighted by Crippen LogP contribution is 2.22. The minimum absolute atomic E-state index is 0.0718. The van der Waals surface area contributed by atoms with E-state index in [0.29, 0.717) is 15.7 Å². The molecule has 1 heterocycles. The molecule has 0 amide bonds. The fraction of sp³-hybridized carbons (Fsp3) is 0.143. The van der Waals surface area contributed by atoms with Gasteiger partial charge in [-0.3, -0.25) is 9.78 Å². The summed E-state index contributed by atoms with van der Waals surface area (Å²) in [6.45, 7) is 4.02. The van der Waals surface area contributed by atoms with Crippen LogP contribution in [0.1, 0.15) is 27.2 Å². The van der Waals surface area contributed by atoms with Gasteiger partial charge in [-0.05, 0) is 69.0 Å². The first-order chi connectivity index (χ1) is 8.49. The monoisotopic (exact) mass is 367 g/mol. The van der Waals surface area contributed by atoms with Gasteiger partial charge < -0.3 is 0 Å². The standard InChI is InChI=1S/C14H11Br2NO/c1-8-3-4-10(5-9(8)2)14(18)13-12(16)6-11(15)7-17-13/h3-7H,1-2H3. The Hall–Kier alpha value is -1.000. The number of aryl methyl sites for hydroxylation is 2. The van der Waals surface area contributed by atoms with Gasteiger partial charge in [-0.25, -0.2) is 0 Å². The van der Waals surface area contributed by atoms with Crippen LogP contribution >= 0.6 is 31.9 Å². The Kier molecular flexibility index (Phi) is 3.97. The number of aromatic nitrogens is 1. The fourth-order valence-electron chi connectivity index (χ4n) is 1.60. The average Bonchev–Trinajstić information content (AvgIpc) is 2.32. The number of carbonyl (C=O) groups excluding carboxylic acids is 1. The second-order valence-corrected chi connectivity index (χ2v) is 5.88. The third kappa shape index (κ3) is 2.70. The largest absolute Gasteiger partial charge is 0.287 e. The van der Waals surface area contributed by atoms with E-state index in [0.717, 1.165) is 10.0 Å². The number of benzene rings is 1. The molecule has 0 atom stereocenters. The maximum atomic E-state index is 12.3. The zero-order valence-electron chi connectivity index (χ0n) is 10.00. The Balaban J connectivity index is 2.44. The number of ketones is 1. The normalized spacial score (nSPS) is 10.4. The lowest BCUT2D eigenvalue weighted by atomic mass is 10.0. The molecule has 1 aromatic heterocycles. The summed E-state index contributed by atoms with van der Waals surface area (Å²) >= 11 is 6.68. The minimum Gasteiger partial charge on any atom is -0.287 e. The molecule has 0 fully saturated rings. The summed E-state index contributed by atoms with van der Waals surface area (Å²) < 4.78 is 1.53. The number of hydrogen-bond acceptors (Lipinski definition) is 2. The number of carbonyl (C=O) groups is 1. The molecule has 0 saturated heterocycles. The molecule has 0 spiro atoms. The molecule has 92 valence electrons. The number of halogens is 2. The molecule has 0 saturated carbocycles. The van der Waals surface area contributed by atoms with Crippen LogP contribution in [-0.4, -0.2) is 10.8 Å². The van der Waals surface area contributed by atoms with Gasteiger partial charge in [0.25, 0.3) is 0 Å². The van der Waals surface area contributed by atoms with Crippen molar-refractivity contribution >= 4 is 37.6 Å². The molecule has 0 radical (unpaired) electrons. The van der Waals surface area contributed by atoms with Gasteiger partial charge in [-0.15, -0.1) is 0 Å². The van der Waals surface area contributed by atoms with Crippen molar-refractivity contribution in [1.29, 1.82) is 0 Å². The summed E-state index contributed by atoms with van der Waals surface area (Å²) in [5.74, 6) is -0.0718. The number of hydrogen-bond donors (Lipinski definition) is 0. The van der Waals surface area contributed by atoms with Gasteiger partial charge in [-0.1, -0.05) is 12.1 Å². The second kappa shape index (κ2) is 5.33. The fourth-order valence-corrected chi connectivity index (χ4v) is 2.77. The van der Waals surface area contributed by atoms with Crippen molar-refractivity contribution in [3.8, 4) is 0 Å². The summed E-state index contributed by atoms with van der Waals surface area (Å²) in [7, 11) is 0. The Bertz CT molecular complexity index is 623. The van der Waals surface area contributed by atoms with E-state index in [1.807, 2.05) is 38.1 Å². The van der Waals surface area contributed by atoms with Gasteiger partial charge >= 0.3 is 0 Å². The Morgan fingerprint density at radius 3 is 2.44 bits per heavy atom. The molecule has 0 aliphatic heterocycles. The van der Waals surface area contributed by atoms with Crippen LogP contribution in [-0.2, 0) is 0 Å². The first-order valence-electron chi connectivity index (χ1n) is 5.42. The molecular weight excluding hydrogens is 358 g/mol. The summed E-state index contributed by atoms with van der Waals surface area (Å²) in [5.41, 5.74) is 3.37. The van der Waals surface area contributed by atoms with E-state index in [-0.39, 0.29) is 5.78 Å². The van der Waals surface area contributed by atoms with Crippen LogP contribution in [0.15, 0.2) is 39.4 Å². The summed E-state index contributed by atoms with van der Waals surface area (Å²) in [6, 6.07) is 7.51. The maximum absolute atomic E-state index is 12.3. The van der Waals surface area contributed by atoms with Gasteiger partial charge in [0.2, 0.25) is 5.78 Å². The van der Waals surface area contributed by atoms with Gasteiger partial charge in [0, 0.05) is 20.7 Å². The summed E-state index contributed by atoms with van der Waals surface area (Å²) in [6.07, 6.45) is 1.62. The van der Waals surface area contributed by atoms with Crippen molar-refractivity contribution in [2.45, 2.75) is 13.8 Å². The molecule has 0 aliphatic carbocycles. The molecule has 2 nitrogen and oxygen atoms in total. The maximum Gasteiger partial charge on any atom is 0.212 e. The van der Waals surface area contributed by atoms with E-state index < -0.39 is 0 Å². The first kappa shape index (κ1) is 13.4. The number of rotatable bonds is 2. The van der Waals surface area contributed by atoms with E-state index in [2.05, 4.69) is 36.8 Å². The van der Waals surface area contributed by atoms with Gasteiger partial charge in [0.1, 0.15) is 5.69 Å². The SMILES string of the molecule is Cc1ccc(C(=O)c2ncc(Br)cc2Br)cc1C. The predicted octanol–water partition coefficient (Wildman–Crippen LogP) is 4.45. The molecule has 2 aromatic rings. The number of pyridine rings is 1. The highest BCUT2D eigenvalue weighted by molar-refractivity contribution is 9.11. The molecule has 0 unspecified atom stereocenters. The van der Waals surface area contributed by atoms with Crippen LogP contribution in [0, 0.1) is 13.8 Å². The molecule has 0 aliphatic rings. The van der Waals surface area contributed by atoms with Crippen LogP contribution < -0.4 is 0 Å². The molecule has 0 bridgehead atoms. The Morgan fingerprint density at radius 1 is 1.11 bits per heavy atom. The van der Waals surface area contributed by atoms with Crippen LogP contribution in [0.4, 0.5) is 0 Å². The topological polar surface area (TPSA) is 30.0 Å². The van der Waals surface area contributed by atoms with Gasteiger partial charge in [0.05, 0.1) is 0 Å². The zero-order valence-corrected chi connectivity index (χ0v) is 13.2. The van der Waals surface area contributed by atoms with E-state index >= 15 is 0 Å². The van der Waals surface area contributed by atoms with Crippen molar-refractivity contribution < 1.29 is 4.79 Å². The molecule has 1 aromatic carbocycles. The van der Waals surface area contributed by atoms with Gasteiger partial charge in [-0.2, -0.15) is 0 Å². The molecule has 18 heavy (non-hydrogen) atoms. The Morgan fingerprint density at radius 2 is 1.83 bits per heavy atom. The minimum atomic E-state index is -0.0718. The van der Waals surface area contributed by atoms with Crippen LogP contribution in [0.3, 0.4) is 0 Å². The highest BCUT2D eigenvalue weighted by atomic mass is 79.9. The molecular formula is C14H11Br2NO. The lowest BCUT2D eigenvalue weighted by Gasteiger charge is -2.06. The molecule has 4 heteroatoms. The van der Waals surface area contributed by atoms with E-state index in [4.69, 9.17) is 0 Å². The lowest BCUT2D eigenvalue weighted by Crippen LogP contribution is -2.05. The van der Waals surface area contributed by atoms with Crippen LogP contribution in [0.2, 0.25) is 0 Å². The third-order valence-corrected chi connectivity index (χ3v) is 3.83. The number of nitrogens with zero attached hydrogens (tertiary/aromatic N) is 1. The average molecular weight is 369 g/mol. The van der Waals surface area contributed by atoms with Crippen LogP contribution in [0.5, 0.6) is 0 Å². The van der Waals surface area contributed by atoms with E-state index in [1.165, 1.54) is 5.56 Å². The van der Waals surface area contributed by atoms with Crippen molar-refractivity contribution in [2.75, 3.05) is 0 Å². The van der Waals surface area contributed by atoms with Crippen molar-refractivity contribution in [2.24, 2.45) is 0 Å². The third-order valence-electron chi connectivity index (χ3n) is 2.79. The first-order valence-corrected chi connectivity index (χ1v) is 7.00. The quantitative estimate of drug-likeness (QED) is 0.732. The van der Waals surface area contributed by atoms with Crippen molar-refractivity contribution in [3.05, 3.63) is 61.8 Å². The van der Waals surface area contributed by atoms with Crippen molar-refractivity contribution in [1.82, 2.24) is 4.98 Å². The smallest absolute Gasteiger partial charge is 0.212 e. The Labute approximate surface area is 123 Å². The molecule has 2 rings (SSSR count). The van der Waals surface area contributed by atoms with Crippen LogP contribution in [0.25, 0.3) is 0 Å². The van der Waals surface area contributed by atoms with Crippen molar-refractivity contribution in [3.63, 3.8) is 0 Å². The summed E-state index contributed by atoms with van der Waals surface area (Å²) in [4.78, 5) is 16.5. The van der Waals surface area contributed by atoms with E-state index in [9.17, 15) is 4.79 Å². The lowest BCUT2D eigenvalue weighted by molar-refractivity contribution is 0.103.